The van der Waals surface area contributed by atoms with Crippen molar-refractivity contribution < 1.29 is 0 Å². The fraction of sp³-hybridized carbons (Fsp3) is 0.222. The van der Waals surface area contributed by atoms with Crippen LogP contribution >= 0.6 is 0 Å². The van der Waals surface area contributed by atoms with Gasteiger partial charge in [0.05, 0.1) is 11.2 Å². The number of benzene rings is 2. The van der Waals surface area contributed by atoms with Crippen molar-refractivity contribution in [1.82, 2.24) is 9.97 Å². The minimum absolute atomic E-state index is 0.292. The molecule has 4 rings (SSSR count). The van der Waals surface area contributed by atoms with Crippen LogP contribution in [0, 0.1) is 6.92 Å². The van der Waals surface area contributed by atoms with E-state index < -0.39 is 0 Å². The lowest BCUT2D eigenvalue weighted by atomic mass is 9.99. The Hall–Kier alpha value is -2.42. The van der Waals surface area contributed by atoms with Gasteiger partial charge in [0.2, 0.25) is 0 Å². The van der Waals surface area contributed by atoms with Gasteiger partial charge in [-0.1, -0.05) is 30.3 Å². The number of aromatic nitrogens is 2. The third-order valence-corrected chi connectivity index (χ3v) is 4.20. The molecule has 3 aromatic rings. The van der Waals surface area contributed by atoms with Crippen LogP contribution in [0.1, 0.15) is 29.9 Å². The Morgan fingerprint density at radius 1 is 1.14 bits per heavy atom. The Kier molecular flexibility index (Phi) is 2.67. The summed E-state index contributed by atoms with van der Waals surface area (Å²) < 4.78 is 0. The van der Waals surface area contributed by atoms with Crippen LogP contribution in [-0.4, -0.2) is 9.97 Å². The van der Waals surface area contributed by atoms with E-state index in [1.807, 2.05) is 24.3 Å². The molecule has 104 valence electrons. The normalized spacial score (nSPS) is 14.5. The Labute approximate surface area is 122 Å². The molecule has 1 aromatic heterocycles. The fourth-order valence-corrected chi connectivity index (χ4v) is 2.89. The molecule has 21 heavy (non-hydrogen) atoms. The highest BCUT2D eigenvalue weighted by atomic mass is 16.1. The molecule has 2 aromatic carbocycles. The first-order valence-corrected chi connectivity index (χ1v) is 7.32. The van der Waals surface area contributed by atoms with Crippen LogP contribution in [0.3, 0.4) is 0 Å². The monoisotopic (exact) mass is 276 g/mol. The fourth-order valence-electron chi connectivity index (χ4n) is 2.89. The van der Waals surface area contributed by atoms with Crippen LogP contribution in [0.5, 0.6) is 0 Å². The molecule has 0 spiro atoms. The molecule has 0 aliphatic heterocycles. The van der Waals surface area contributed by atoms with Crippen LogP contribution in [-0.2, 0) is 0 Å². The van der Waals surface area contributed by atoms with E-state index in [1.54, 1.807) is 0 Å². The van der Waals surface area contributed by atoms with E-state index in [0.717, 1.165) is 27.7 Å². The summed E-state index contributed by atoms with van der Waals surface area (Å²) in [4.78, 5) is 18.9. The molecule has 0 saturated heterocycles. The first kappa shape index (κ1) is 12.3. The molecule has 0 unspecified atom stereocenters. The smallest absolute Gasteiger partial charge is 0.305 e. The van der Waals surface area contributed by atoms with Crippen LogP contribution < -0.4 is 5.69 Å². The van der Waals surface area contributed by atoms with E-state index in [-0.39, 0.29) is 5.69 Å². The van der Waals surface area contributed by atoms with Crippen LogP contribution in [0.25, 0.3) is 22.2 Å². The van der Waals surface area contributed by atoms with E-state index in [1.165, 1.54) is 18.4 Å². The highest BCUT2D eigenvalue weighted by molar-refractivity contribution is 5.93. The highest BCUT2D eigenvalue weighted by Crippen LogP contribution is 2.41. The van der Waals surface area contributed by atoms with Gasteiger partial charge in [0, 0.05) is 10.9 Å². The van der Waals surface area contributed by atoms with Crippen LogP contribution in [0.15, 0.2) is 47.3 Å². The zero-order valence-electron chi connectivity index (χ0n) is 11.9. The van der Waals surface area contributed by atoms with Gasteiger partial charge in [-0.05, 0) is 48.9 Å². The van der Waals surface area contributed by atoms with Crippen molar-refractivity contribution >= 4 is 10.9 Å². The molecule has 3 nitrogen and oxygen atoms in total. The minimum atomic E-state index is -0.292. The molecule has 3 heteroatoms. The minimum Gasteiger partial charge on any atom is -0.305 e. The van der Waals surface area contributed by atoms with Gasteiger partial charge in [-0.25, -0.2) is 4.79 Å². The maximum absolute atomic E-state index is 11.9. The quantitative estimate of drug-likeness (QED) is 0.774. The number of hydrogen-bond donors (Lipinski definition) is 1. The van der Waals surface area contributed by atoms with Crippen molar-refractivity contribution in [2.75, 3.05) is 0 Å². The Balaban J connectivity index is 2.04. The van der Waals surface area contributed by atoms with Gasteiger partial charge in [-0.15, -0.1) is 0 Å². The van der Waals surface area contributed by atoms with Gasteiger partial charge in [0.15, 0.2) is 0 Å². The standard InChI is InChI=1S/C18H16N2O/c1-11-4-2-3-5-14(11)17-15-10-13(12-6-7-12)8-9-16(15)19-18(21)20-17/h2-5,8-10,12H,6-7H2,1H3,(H,19,20,21). The SMILES string of the molecule is Cc1ccccc1-c1nc(=O)[nH]c2ccc(C3CC3)cc12. The number of aromatic amines is 1. The van der Waals surface area contributed by atoms with Crippen LogP contribution in [0.4, 0.5) is 0 Å². The maximum Gasteiger partial charge on any atom is 0.345 e. The lowest BCUT2D eigenvalue weighted by Gasteiger charge is -2.09. The number of H-pyrrole nitrogens is 1. The Morgan fingerprint density at radius 2 is 1.95 bits per heavy atom. The van der Waals surface area contributed by atoms with Crippen molar-refractivity contribution in [2.24, 2.45) is 0 Å². The van der Waals surface area contributed by atoms with Gasteiger partial charge in [0.1, 0.15) is 0 Å². The summed E-state index contributed by atoms with van der Waals surface area (Å²) in [6.45, 7) is 2.05. The molecular weight excluding hydrogens is 260 g/mol. The topological polar surface area (TPSA) is 45.8 Å². The van der Waals surface area contributed by atoms with Gasteiger partial charge in [-0.2, -0.15) is 4.98 Å². The molecule has 0 radical (unpaired) electrons. The Bertz CT molecular complexity index is 891. The molecule has 1 fully saturated rings. The van der Waals surface area contributed by atoms with Crippen molar-refractivity contribution in [3.8, 4) is 11.3 Å². The maximum atomic E-state index is 11.9. The first-order chi connectivity index (χ1) is 10.2. The first-order valence-electron chi connectivity index (χ1n) is 7.32. The average Bonchev–Trinajstić information content (AvgIpc) is 3.31. The summed E-state index contributed by atoms with van der Waals surface area (Å²) >= 11 is 0. The molecule has 0 amide bonds. The molecule has 1 saturated carbocycles. The lowest BCUT2D eigenvalue weighted by molar-refractivity contribution is 1.10. The summed E-state index contributed by atoms with van der Waals surface area (Å²) in [5.41, 5.74) is 4.87. The predicted molar refractivity (Wildman–Crippen MR) is 84.5 cm³/mol. The van der Waals surface area contributed by atoms with E-state index in [4.69, 9.17) is 0 Å². The third-order valence-electron chi connectivity index (χ3n) is 4.20. The zero-order chi connectivity index (χ0) is 14.4. The number of rotatable bonds is 2. The molecule has 1 heterocycles. The second-order valence-electron chi connectivity index (χ2n) is 5.78. The van der Waals surface area contributed by atoms with E-state index in [9.17, 15) is 4.79 Å². The molecular formula is C18H16N2O. The highest BCUT2D eigenvalue weighted by Gasteiger charge is 2.24. The van der Waals surface area contributed by atoms with Gasteiger partial charge < -0.3 is 4.98 Å². The predicted octanol–water partition coefficient (Wildman–Crippen LogP) is 3.78. The number of fused-ring (bicyclic) bond motifs is 1. The molecule has 0 atom stereocenters. The van der Waals surface area contributed by atoms with Gasteiger partial charge >= 0.3 is 5.69 Å². The summed E-state index contributed by atoms with van der Waals surface area (Å²) in [7, 11) is 0. The molecule has 0 bridgehead atoms. The summed E-state index contributed by atoms with van der Waals surface area (Å²) in [6.07, 6.45) is 2.53. The number of hydrogen-bond acceptors (Lipinski definition) is 2. The number of nitrogens with one attached hydrogen (secondary N) is 1. The van der Waals surface area contributed by atoms with Gasteiger partial charge in [0.25, 0.3) is 0 Å². The second kappa shape index (κ2) is 4.55. The van der Waals surface area contributed by atoms with Crippen molar-refractivity contribution in [3.63, 3.8) is 0 Å². The molecule has 1 N–H and O–H groups in total. The summed E-state index contributed by atoms with van der Waals surface area (Å²) in [5.74, 6) is 0.686. The summed E-state index contributed by atoms with van der Waals surface area (Å²) in [6, 6.07) is 14.4. The number of nitrogens with zero attached hydrogens (tertiary/aromatic N) is 1. The Morgan fingerprint density at radius 3 is 2.71 bits per heavy atom. The molecule has 1 aliphatic rings. The lowest BCUT2D eigenvalue weighted by Crippen LogP contribution is -2.11. The van der Waals surface area contributed by atoms with E-state index >= 15 is 0 Å². The molecule has 1 aliphatic carbocycles. The second-order valence-corrected chi connectivity index (χ2v) is 5.78. The number of aryl methyl sites for hydroxylation is 1. The third kappa shape index (κ3) is 2.15. The van der Waals surface area contributed by atoms with Crippen molar-refractivity contribution in [3.05, 3.63) is 64.1 Å². The van der Waals surface area contributed by atoms with Gasteiger partial charge in [-0.3, -0.25) is 0 Å². The average molecular weight is 276 g/mol. The largest absolute Gasteiger partial charge is 0.345 e. The van der Waals surface area contributed by atoms with E-state index in [2.05, 4.69) is 35.1 Å². The van der Waals surface area contributed by atoms with E-state index in [0.29, 0.717) is 5.92 Å². The van der Waals surface area contributed by atoms with Crippen LogP contribution in [0.2, 0.25) is 0 Å². The van der Waals surface area contributed by atoms with Crippen molar-refractivity contribution in [1.29, 1.82) is 0 Å². The summed E-state index contributed by atoms with van der Waals surface area (Å²) in [5, 5.41) is 1.04. The van der Waals surface area contributed by atoms with Crippen molar-refractivity contribution in [2.45, 2.75) is 25.7 Å². The zero-order valence-corrected chi connectivity index (χ0v) is 11.9.